The summed E-state index contributed by atoms with van der Waals surface area (Å²) in [5.41, 5.74) is 0.654. The monoisotopic (exact) mass is 134 g/mol. The predicted octanol–water partition coefficient (Wildman–Crippen LogP) is 0.466. The lowest BCUT2D eigenvalue weighted by Crippen LogP contribution is -1.90. The van der Waals surface area contributed by atoms with E-state index in [4.69, 9.17) is 11.2 Å². The van der Waals surface area contributed by atoms with Gasteiger partial charge < -0.3 is 4.74 Å². The Bertz CT molecular complexity index is 247. The molecule has 0 spiro atoms. The van der Waals surface area contributed by atoms with E-state index in [2.05, 4.69) is 15.9 Å². The van der Waals surface area contributed by atoms with Crippen LogP contribution in [-0.2, 0) is 0 Å². The van der Waals surface area contributed by atoms with Crippen LogP contribution in [0.4, 0.5) is 0 Å². The number of ether oxygens (including phenoxy) is 1. The van der Waals surface area contributed by atoms with Gasteiger partial charge in [-0.3, -0.25) is 0 Å². The largest absolute Gasteiger partial charge is 0.467 e. The molecule has 10 heavy (non-hydrogen) atoms. The van der Waals surface area contributed by atoms with Crippen molar-refractivity contribution >= 4 is 0 Å². The van der Waals surface area contributed by atoms with Gasteiger partial charge in [0.1, 0.15) is 0 Å². The van der Waals surface area contributed by atoms with Crippen molar-refractivity contribution in [2.24, 2.45) is 0 Å². The number of hydrogen-bond donors (Lipinski definition) is 0. The SMILES string of the molecule is C#Cc1cnc(OC)nc1. The normalized spacial score (nSPS) is 8.40. The molecule has 0 atom stereocenters. The van der Waals surface area contributed by atoms with Crippen molar-refractivity contribution in [2.45, 2.75) is 0 Å². The molecule has 0 radical (unpaired) electrons. The molecular formula is C7H6N2O. The van der Waals surface area contributed by atoms with Crippen LogP contribution < -0.4 is 4.74 Å². The molecule has 0 amide bonds. The number of hydrogen-bond acceptors (Lipinski definition) is 3. The van der Waals surface area contributed by atoms with Crippen molar-refractivity contribution in [3.05, 3.63) is 18.0 Å². The van der Waals surface area contributed by atoms with Crippen molar-refractivity contribution in [1.29, 1.82) is 0 Å². The third-order valence-electron chi connectivity index (χ3n) is 0.977. The molecule has 3 nitrogen and oxygen atoms in total. The van der Waals surface area contributed by atoms with Gasteiger partial charge >= 0.3 is 6.01 Å². The van der Waals surface area contributed by atoms with Crippen molar-refractivity contribution in [3.63, 3.8) is 0 Å². The Kier molecular flexibility index (Phi) is 1.86. The quantitative estimate of drug-likeness (QED) is 0.523. The highest BCUT2D eigenvalue weighted by atomic mass is 16.5. The van der Waals surface area contributed by atoms with Crippen LogP contribution in [-0.4, -0.2) is 17.1 Å². The highest BCUT2D eigenvalue weighted by molar-refractivity contribution is 5.26. The van der Waals surface area contributed by atoms with E-state index in [9.17, 15) is 0 Å². The van der Waals surface area contributed by atoms with Crippen molar-refractivity contribution in [1.82, 2.24) is 9.97 Å². The van der Waals surface area contributed by atoms with Crippen molar-refractivity contribution in [3.8, 4) is 18.4 Å². The molecular weight excluding hydrogens is 128 g/mol. The summed E-state index contributed by atoms with van der Waals surface area (Å²) >= 11 is 0. The molecule has 0 aliphatic rings. The highest BCUT2D eigenvalue weighted by Crippen LogP contribution is 1.98. The average Bonchev–Trinajstić information content (AvgIpc) is 2.05. The van der Waals surface area contributed by atoms with E-state index in [-0.39, 0.29) is 0 Å². The lowest BCUT2D eigenvalue weighted by molar-refractivity contribution is 0.379. The molecule has 0 saturated heterocycles. The summed E-state index contributed by atoms with van der Waals surface area (Å²) in [6.45, 7) is 0. The topological polar surface area (TPSA) is 35.0 Å². The number of nitrogens with zero attached hydrogens (tertiary/aromatic N) is 2. The Morgan fingerprint density at radius 2 is 2.10 bits per heavy atom. The summed E-state index contributed by atoms with van der Waals surface area (Å²) in [5, 5.41) is 0. The molecule has 1 aromatic heterocycles. The molecule has 3 heteroatoms. The molecule has 0 fully saturated rings. The van der Waals surface area contributed by atoms with Gasteiger partial charge in [0.2, 0.25) is 0 Å². The Labute approximate surface area is 59.1 Å². The Morgan fingerprint density at radius 1 is 1.50 bits per heavy atom. The van der Waals surface area contributed by atoms with E-state index in [1.165, 1.54) is 19.5 Å². The highest BCUT2D eigenvalue weighted by Gasteiger charge is 1.91. The first-order valence-electron chi connectivity index (χ1n) is 2.69. The van der Waals surface area contributed by atoms with E-state index >= 15 is 0 Å². The zero-order valence-electron chi connectivity index (χ0n) is 5.53. The molecule has 0 unspecified atom stereocenters. The molecule has 0 aliphatic heterocycles. The molecule has 0 aromatic carbocycles. The third kappa shape index (κ3) is 1.23. The zero-order chi connectivity index (χ0) is 7.40. The van der Waals surface area contributed by atoms with E-state index in [0.717, 1.165) is 0 Å². The Morgan fingerprint density at radius 3 is 2.50 bits per heavy atom. The van der Waals surface area contributed by atoms with Gasteiger partial charge in [-0.15, -0.1) is 6.42 Å². The second-order valence-corrected chi connectivity index (χ2v) is 1.60. The van der Waals surface area contributed by atoms with Gasteiger partial charge in [-0.05, 0) is 0 Å². The summed E-state index contributed by atoms with van der Waals surface area (Å²) in [7, 11) is 1.50. The summed E-state index contributed by atoms with van der Waals surface area (Å²) < 4.78 is 4.72. The van der Waals surface area contributed by atoms with Gasteiger partial charge in [0.15, 0.2) is 0 Å². The maximum atomic E-state index is 5.07. The summed E-state index contributed by atoms with van der Waals surface area (Å²) in [5.74, 6) is 2.40. The van der Waals surface area contributed by atoms with Gasteiger partial charge in [-0.2, -0.15) is 0 Å². The van der Waals surface area contributed by atoms with Crippen LogP contribution in [0.15, 0.2) is 12.4 Å². The minimum Gasteiger partial charge on any atom is -0.467 e. The van der Waals surface area contributed by atoms with Crippen LogP contribution in [0, 0.1) is 12.3 Å². The molecule has 0 aliphatic carbocycles. The first kappa shape index (κ1) is 6.56. The van der Waals surface area contributed by atoms with Crippen molar-refractivity contribution < 1.29 is 4.74 Å². The third-order valence-corrected chi connectivity index (χ3v) is 0.977. The fraction of sp³-hybridized carbons (Fsp3) is 0.143. The Balaban J connectivity index is 2.93. The van der Waals surface area contributed by atoms with E-state index < -0.39 is 0 Å². The zero-order valence-corrected chi connectivity index (χ0v) is 5.53. The second kappa shape index (κ2) is 2.83. The first-order valence-corrected chi connectivity index (χ1v) is 2.69. The fourth-order valence-corrected chi connectivity index (χ4v) is 0.496. The maximum Gasteiger partial charge on any atom is 0.316 e. The fourth-order valence-electron chi connectivity index (χ4n) is 0.496. The standard InChI is InChI=1S/C7H6N2O/c1-3-6-4-8-7(10-2)9-5-6/h1,4-5H,2H3. The van der Waals surface area contributed by atoms with Gasteiger partial charge in [-0.1, -0.05) is 5.92 Å². The van der Waals surface area contributed by atoms with Gasteiger partial charge in [0, 0.05) is 12.4 Å². The molecule has 0 bridgehead atoms. The number of methoxy groups -OCH3 is 1. The van der Waals surface area contributed by atoms with Crippen LogP contribution in [0.5, 0.6) is 6.01 Å². The molecule has 1 rings (SSSR count). The van der Waals surface area contributed by atoms with Crippen LogP contribution in [0.3, 0.4) is 0 Å². The first-order chi connectivity index (χ1) is 4.86. The second-order valence-electron chi connectivity index (χ2n) is 1.60. The molecule has 0 N–H and O–H groups in total. The van der Waals surface area contributed by atoms with Crippen LogP contribution in [0.1, 0.15) is 5.56 Å². The van der Waals surface area contributed by atoms with Crippen LogP contribution in [0.2, 0.25) is 0 Å². The maximum absolute atomic E-state index is 5.07. The van der Waals surface area contributed by atoms with E-state index in [1.54, 1.807) is 0 Å². The summed E-state index contributed by atoms with van der Waals surface area (Å²) in [6, 6.07) is 0.332. The van der Waals surface area contributed by atoms with Gasteiger partial charge in [0.25, 0.3) is 0 Å². The van der Waals surface area contributed by atoms with Crippen molar-refractivity contribution in [2.75, 3.05) is 7.11 Å². The Hall–Kier alpha value is -1.56. The molecule has 50 valence electrons. The number of rotatable bonds is 1. The average molecular weight is 134 g/mol. The molecule has 1 heterocycles. The molecule has 1 aromatic rings. The summed E-state index contributed by atoms with van der Waals surface area (Å²) in [6.07, 6.45) is 8.14. The number of aromatic nitrogens is 2. The molecule has 0 saturated carbocycles. The van der Waals surface area contributed by atoms with Crippen LogP contribution in [0.25, 0.3) is 0 Å². The smallest absolute Gasteiger partial charge is 0.316 e. The minimum absolute atomic E-state index is 0.332. The van der Waals surface area contributed by atoms with Gasteiger partial charge in [-0.25, -0.2) is 9.97 Å². The summed E-state index contributed by atoms with van der Waals surface area (Å²) in [4.78, 5) is 7.58. The number of terminal acetylenes is 1. The lowest BCUT2D eigenvalue weighted by Gasteiger charge is -1.93. The van der Waals surface area contributed by atoms with E-state index in [0.29, 0.717) is 11.6 Å². The predicted molar refractivity (Wildman–Crippen MR) is 36.5 cm³/mol. The lowest BCUT2D eigenvalue weighted by atomic mass is 10.4. The van der Waals surface area contributed by atoms with E-state index in [1.807, 2.05) is 0 Å². The van der Waals surface area contributed by atoms with Gasteiger partial charge in [0.05, 0.1) is 12.7 Å². The van der Waals surface area contributed by atoms with Crippen LogP contribution >= 0.6 is 0 Å². The minimum atomic E-state index is 0.332.